The van der Waals surface area contributed by atoms with Crippen molar-refractivity contribution >= 4 is 87.8 Å². The van der Waals surface area contributed by atoms with Crippen LogP contribution in [0.3, 0.4) is 0 Å². The molecule has 0 unspecified atom stereocenters. The predicted octanol–water partition coefficient (Wildman–Crippen LogP) is 5.42. The number of carbonyl (C=O) groups is 4. The van der Waals surface area contributed by atoms with Gasteiger partial charge in [0.1, 0.15) is 17.1 Å². The summed E-state index contributed by atoms with van der Waals surface area (Å²) in [4.78, 5) is 62.8. The van der Waals surface area contributed by atoms with Gasteiger partial charge in [0, 0.05) is 84.3 Å². The van der Waals surface area contributed by atoms with Crippen LogP contribution in [-0.4, -0.2) is 75.8 Å². The number of hydrogen-bond donors (Lipinski definition) is 9. The summed E-state index contributed by atoms with van der Waals surface area (Å²) in [5.41, 5.74) is 11.0. The normalized spacial score (nSPS) is 10.6. The molecule has 14 nitrogen and oxygen atoms in total. The zero-order chi connectivity index (χ0) is 35.8. The SMILES string of the molecule is Cc1cc(N(CCCl)CCCl)ccc1C(=O)Nc1c[nH]c(C(=O)Nc2c[nH]c(C(=O)Nc3c[nH]c(C(=O)NCCC(=N)N)c3C)c2C)c1C.Cl. The second kappa shape index (κ2) is 17.7. The van der Waals surface area contributed by atoms with Gasteiger partial charge in [-0.3, -0.25) is 24.6 Å². The topological polar surface area (TPSA) is 217 Å². The molecule has 3 aromatic heterocycles. The van der Waals surface area contributed by atoms with Crippen molar-refractivity contribution in [2.45, 2.75) is 34.1 Å². The number of benzene rings is 1. The number of aromatic nitrogens is 3. The van der Waals surface area contributed by atoms with Gasteiger partial charge in [0.15, 0.2) is 0 Å². The molecule has 0 aliphatic carbocycles. The zero-order valence-corrected chi connectivity index (χ0v) is 30.4. The fourth-order valence-electron chi connectivity index (χ4n) is 5.22. The molecule has 17 heteroatoms. The maximum absolute atomic E-state index is 13.3. The first-order valence-corrected chi connectivity index (χ1v) is 16.5. The van der Waals surface area contributed by atoms with E-state index in [1.54, 1.807) is 33.0 Å². The molecule has 0 atom stereocenters. The molecule has 4 amide bonds. The van der Waals surface area contributed by atoms with Crippen molar-refractivity contribution in [2.75, 3.05) is 52.2 Å². The highest BCUT2D eigenvalue weighted by atomic mass is 35.5. The summed E-state index contributed by atoms with van der Waals surface area (Å²) in [7, 11) is 0. The molecule has 0 fully saturated rings. The lowest BCUT2D eigenvalue weighted by Gasteiger charge is -2.23. The highest BCUT2D eigenvalue weighted by Gasteiger charge is 2.22. The first-order valence-electron chi connectivity index (χ1n) is 15.4. The zero-order valence-electron chi connectivity index (χ0n) is 28.0. The van der Waals surface area contributed by atoms with Crippen LogP contribution in [0, 0.1) is 33.1 Å². The molecular formula is C33H41Cl3N10O4. The molecule has 10 N–H and O–H groups in total. The second-order valence-corrected chi connectivity index (χ2v) is 12.1. The molecule has 0 saturated heterocycles. The third kappa shape index (κ3) is 9.20. The molecular weight excluding hydrogens is 707 g/mol. The van der Waals surface area contributed by atoms with Gasteiger partial charge < -0.3 is 46.9 Å². The van der Waals surface area contributed by atoms with Gasteiger partial charge in [-0.15, -0.1) is 35.6 Å². The van der Waals surface area contributed by atoms with Crippen LogP contribution in [0.4, 0.5) is 22.7 Å². The fraction of sp³-hybridized carbons (Fsp3) is 0.303. The van der Waals surface area contributed by atoms with E-state index in [0.717, 1.165) is 11.3 Å². The molecule has 0 radical (unpaired) electrons. The summed E-state index contributed by atoms with van der Waals surface area (Å²) in [5, 5.41) is 18.4. The smallest absolute Gasteiger partial charge is 0.272 e. The second-order valence-electron chi connectivity index (χ2n) is 11.4. The van der Waals surface area contributed by atoms with Crippen LogP contribution in [0.2, 0.25) is 0 Å². The van der Waals surface area contributed by atoms with E-state index in [0.29, 0.717) is 64.2 Å². The minimum atomic E-state index is -0.473. The molecule has 0 aliphatic heterocycles. The number of anilines is 4. The lowest BCUT2D eigenvalue weighted by atomic mass is 10.1. The minimum Gasteiger partial charge on any atom is -0.388 e. The van der Waals surface area contributed by atoms with Gasteiger partial charge in [0.2, 0.25) is 0 Å². The quantitative estimate of drug-likeness (QED) is 0.0439. The minimum absolute atomic E-state index is 0. The Bertz CT molecular complexity index is 1870. The van der Waals surface area contributed by atoms with E-state index < -0.39 is 11.8 Å². The number of alkyl halides is 2. The Kier molecular flexibility index (Phi) is 14.0. The summed E-state index contributed by atoms with van der Waals surface area (Å²) in [6, 6.07) is 5.52. The van der Waals surface area contributed by atoms with Crippen molar-refractivity contribution in [3.8, 4) is 0 Å². The van der Waals surface area contributed by atoms with E-state index in [1.807, 2.05) is 19.1 Å². The van der Waals surface area contributed by atoms with Crippen LogP contribution in [0.15, 0.2) is 36.8 Å². The van der Waals surface area contributed by atoms with E-state index >= 15 is 0 Å². The molecule has 0 saturated carbocycles. The van der Waals surface area contributed by atoms with Crippen molar-refractivity contribution in [3.05, 3.63) is 81.7 Å². The lowest BCUT2D eigenvalue weighted by molar-refractivity contribution is 0.0947. The number of nitrogens with one attached hydrogen (secondary N) is 8. The Labute approximate surface area is 305 Å². The number of nitrogens with zero attached hydrogens (tertiary/aromatic N) is 1. The molecule has 0 aliphatic rings. The maximum atomic E-state index is 13.3. The number of nitrogens with two attached hydrogens (primary N) is 1. The molecule has 4 aromatic rings. The third-order valence-corrected chi connectivity index (χ3v) is 8.39. The summed E-state index contributed by atoms with van der Waals surface area (Å²) in [6.45, 7) is 8.41. The lowest BCUT2D eigenvalue weighted by Crippen LogP contribution is -2.28. The van der Waals surface area contributed by atoms with Crippen molar-refractivity contribution in [1.82, 2.24) is 20.3 Å². The molecule has 0 spiro atoms. The van der Waals surface area contributed by atoms with E-state index in [2.05, 4.69) is 41.1 Å². The first kappa shape index (κ1) is 39.5. The van der Waals surface area contributed by atoms with Crippen LogP contribution in [0.1, 0.15) is 70.5 Å². The highest BCUT2D eigenvalue weighted by Crippen LogP contribution is 2.26. The summed E-state index contributed by atoms with van der Waals surface area (Å²) < 4.78 is 0. The Morgan fingerprint density at radius 3 is 1.60 bits per heavy atom. The summed E-state index contributed by atoms with van der Waals surface area (Å²) >= 11 is 11.9. The van der Waals surface area contributed by atoms with Gasteiger partial charge in [-0.2, -0.15) is 0 Å². The third-order valence-electron chi connectivity index (χ3n) is 8.05. The Balaban J connectivity index is 0.00000676. The number of H-pyrrole nitrogens is 3. The van der Waals surface area contributed by atoms with E-state index in [-0.39, 0.29) is 60.1 Å². The Morgan fingerprint density at radius 2 is 1.18 bits per heavy atom. The molecule has 268 valence electrons. The number of amidine groups is 1. The van der Waals surface area contributed by atoms with Crippen molar-refractivity contribution in [1.29, 1.82) is 5.41 Å². The average Bonchev–Trinajstić information content (AvgIpc) is 3.72. The van der Waals surface area contributed by atoms with Crippen LogP contribution < -0.4 is 31.9 Å². The van der Waals surface area contributed by atoms with Gasteiger partial charge in [-0.25, -0.2) is 0 Å². The standard InChI is InChI=1S/C33H40Cl2N10O4.ClH/c1-17-13-21(45(11-8-34)12-9-35)5-6-22(17)30(46)42-23-14-40-28(19(23)3)32(48)44-25-16-41-29(20(25)4)33(49)43-24-15-39-27(18(24)2)31(47)38-10-7-26(36)37;/h5-6,13-16,39-41H,7-12H2,1-4H3,(H3,36,37)(H,38,47)(H,42,46)(H,43,49)(H,44,48);1H. The largest absolute Gasteiger partial charge is 0.388 e. The van der Waals surface area contributed by atoms with Crippen molar-refractivity contribution < 1.29 is 19.2 Å². The molecule has 1 aromatic carbocycles. The number of aromatic amines is 3. The van der Waals surface area contributed by atoms with Gasteiger partial charge in [0.05, 0.1) is 22.9 Å². The number of aryl methyl sites for hydroxylation is 1. The fourth-order valence-corrected chi connectivity index (χ4v) is 5.62. The van der Waals surface area contributed by atoms with Crippen LogP contribution in [-0.2, 0) is 0 Å². The molecule has 0 bridgehead atoms. The van der Waals surface area contributed by atoms with Gasteiger partial charge in [-0.1, -0.05) is 0 Å². The van der Waals surface area contributed by atoms with E-state index in [9.17, 15) is 19.2 Å². The average molecular weight is 748 g/mol. The number of rotatable bonds is 15. The van der Waals surface area contributed by atoms with Gasteiger partial charge >= 0.3 is 0 Å². The van der Waals surface area contributed by atoms with Crippen LogP contribution in [0.5, 0.6) is 0 Å². The summed E-state index contributed by atoms with van der Waals surface area (Å²) in [6.07, 6.45) is 4.79. The Hall–Kier alpha value is -4.92. The first-order chi connectivity index (χ1) is 23.4. The van der Waals surface area contributed by atoms with Crippen LogP contribution >= 0.6 is 35.6 Å². The van der Waals surface area contributed by atoms with E-state index in [4.69, 9.17) is 34.3 Å². The van der Waals surface area contributed by atoms with Crippen LogP contribution in [0.25, 0.3) is 0 Å². The predicted molar refractivity (Wildman–Crippen MR) is 201 cm³/mol. The number of halogens is 3. The van der Waals surface area contributed by atoms with Gasteiger partial charge in [-0.05, 0) is 51.5 Å². The van der Waals surface area contributed by atoms with Crippen molar-refractivity contribution in [3.63, 3.8) is 0 Å². The van der Waals surface area contributed by atoms with E-state index in [1.165, 1.54) is 12.4 Å². The molecule has 3 heterocycles. The molecule has 4 rings (SSSR count). The highest BCUT2D eigenvalue weighted by molar-refractivity contribution is 6.18. The van der Waals surface area contributed by atoms with Gasteiger partial charge in [0.25, 0.3) is 23.6 Å². The maximum Gasteiger partial charge on any atom is 0.272 e. The number of amides is 4. The number of hydrogen-bond acceptors (Lipinski definition) is 6. The summed E-state index contributed by atoms with van der Waals surface area (Å²) in [5.74, 6) is -0.789. The monoisotopic (exact) mass is 746 g/mol. The molecule has 50 heavy (non-hydrogen) atoms. The number of carbonyl (C=O) groups excluding carboxylic acids is 4. The van der Waals surface area contributed by atoms with Crippen molar-refractivity contribution in [2.24, 2.45) is 5.73 Å². The Morgan fingerprint density at radius 1 is 0.740 bits per heavy atom.